The van der Waals surface area contributed by atoms with E-state index in [2.05, 4.69) is 27.7 Å². The Labute approximate surface area is 99.1 Å². The fourth-order valence-corrected chi connectivity index (χ4v) is 2.20. The van der Waals surface area contributed by atoms with Crippen LogP contribution in [0.25, 0.3) is 0 Å². The second kappa shape index (κ2) is 4.70. The van der Waals surface area contributed by atoms with Gasteiger partial charge in [-0.15, -0.1) is 0 Å². The number of hydrogen-bond acceptors (Lipinski definition) is 2. The summed E-state index contributed by atoms with van der Waals surface area (Å²) in [6.45, 7) is 8.51. The molecule has 0 saturated carbocycles. The molecule has 0 aliphatic heterocycles. The number of ether oxygens (including phenoxy) is 1. The molecule has 0 saturated heterocycles. The molecule has 0 aromatic rings. The molecule has 1 aliphatic carbocycles. The zero-order valence-corrected chi connectivity index (χ0v) is 11.2. The van der Waals surface area contributed by atoms with Crippen LogP contribution in [0.1, 0.15) is 53.4 Å². The Morgan fingerprint density at radius 1 is 1.38 bits per heavy atom. The van der Waals surface area contributed by atoms with Crippen molar-refractivity contribution in [3.05, 3.63) is 11.6 Å². The lowest BCUT2D eigenvalue weighted by atomic mass is 9.75. The van der Waals surface area contributed by atoms with Gasteiger partial charge in [-0.05, 0) is 44.6 Å². The van der Waals surface area contributed by atoms with E-state index in [-0.39, 0.29) is 16.8 Å². The molecule has 0 fully saturated rings. The zero-order chi connectivity index (χ0) is 12.4. The third-order valence-corrected chi connectivity index (χ3v) is 3.32. The SMILES string of the molecule is COC(C)(C)CCC1=CC(=O)CC(C)(C)C1. The molecule has 0 atom stereocenters. The van der Waals surface area contributed by atoms with Gasteiger partial charge in [-0.3, -0.25) is 4.79 Å². The molecular formula is C14H24O2. The van der Waals surface area contributed by atoms with Crippen LogP contribution in [0.2, 0.25) is 0 Å². The van der Waals surface area contributed by atoms with Gasteiger partial charge < -0.3 is 4.74 Å². The van der Waals surface area contributed by atoms with Gasteiger partial charge in [-0.25, -0.2) is 0 Å². The van der Waals surface area contributed by atoms with Crippen LogP contribution in [0.3, 0.4) is 0 Å². The van der Waals surface area contributed by atoms with Crippen molar-refractivity contribution < 1.29 is 9.53 Å². The van der Waals surface area contributed by atoms with E-state index in [9.17, 15) is 4.79 Å². The molecule has 0 radical (unpaired) electrons. The third-order valence-electron chi connectivity index (χ3n) is 3.32. The number of rotatable bonds is 4. The van der Waals surface area contributed by atoms with Crippen molar-refractivity contribution in [1.29, 1.82) is 0 Å². The summed E-state index contributed by atoms with van der Waals surface area (Å²) >= 11 is 0. The summed E-state index contributed by atoms with van der Waals surface area (Å²) in [5.74, 6) is 0.279. The predicted octanol–water partition coefficient (Wildman–Crippen LogP) is 3.51. The highest BCUT2D eigenvalue weighted by Crippen LogP contribution is 2.36. The van der Waals surface area contributed by atoms with Crippen LogP contribution in [-0.4, -0.2) is 18.5 Å². The Kier molecular flexibility index (Phi) is 3.95. The first-order valence-electron chi connectivity index (χ1n) is 6.02. The first kappa shape index (κ1) is 13.4. The monoisotopic (exact) mass is 224 g/mol. The fraction of sp³-hybridized carbons (Fsp3) is 0.786. The molecule has 0 unspecified atom stereocenters. The first-order valence-corrected chi connectivity index (χ1v) is 6.02. The average Bonchev–Trinajstić information content (AvgIpc) is 2.12. The van der Waals surface area contributed by atoms with Crippen LogP contribution in [0.15, 0.2) is 11.6 Å². The quantitative estimate of drug-likeness (QED) is 0.730. The molecule has 92 valence electrons. The highest BCUT2D eigenvalue weighted by Gasteiger charge is 2.28. The van der Waals surface area contributed by atoms with E-state index in [1.54, 1.807) is 7.11 Å². The van der Waals surface area contributed by atoms with Gasteiger partial charge >= 0.3 is 0 Å². The summed E-state index contributed by atoms with van der Waals surface area (Å²) in [5, 5.41) is 0. The minimum absolute atomic E-state index is 0.0918. The van der Waals surface area contributed by atoms with Crippen LogP contribution in [0, 0.1) is 5.41 Å². The molecule has 0 spiro atoms. The second-order valence-electron chi connectivity index (χ2n) is 6.25. The summed E-state index contributed by atoms with van der Waals surface area (Å²) in [5.41, 5.74) is 1.33. The highest BCUT2D eigenvalue weighted by atomic mass is 16.5. The maximum atomic E-state index is 11.6. The summed E-state index contributed by atoms with van der Waals surface area (Å²) < 4.78 is 5.40. The number of carbonyl (C=O) groups is 1. The molecule has 0 heterocycles. The van der Waals surface area contributed by atoms with Gasteiger partial charge in [0.05, 0.1) is 5.60 Å². The fourth-order valence-electron chi connectivity index (χ4n) is 2.20. The van der Waals surface area contributed by atoms with Crippen LogP contribution < -0.4 is 0 Å². The number of carbonyl (C=O) groups excluding carboxylic acids is 1. The molecule has 0 aromatic heterocycles. The van der Waals surface area contributed by atoms with Crippen molar-refractivity contribution in [2.24, 2.45) is 5.41 Å². The van der Waals surface area contributed by atoms with Crippen molar-refractivity contribution in [2.45, 2.75) is 59.0 Å². The topological polar surface area (TPSA) is 26.3 Å². The van der Waals surface area contributed by atoms with Crippen LogP contribution in [-0.2, 0) is 9.53 Å². The normalized spacial score (nSPS) is 20.8. The van der Waals surface area contributed by atoms with E-state index in [1.807, 2.05) is 6.08 Å². The molecule has 2 nitrogen and oxygen atoms in total. The van der Waals surface area contributed by atoms with Crippen molar-refractivity contribution in [1.82, 2.24) is 0 Å². The largest absolute Gasteiger partial charge is 0.379 e. The lowest BCUT2D eigenvalue weighted by molar-refractivity contribution is -0.117. The van der Waals surface area contributed by atoms with E-state index in [4.69, 9.17) is 4.74 Å². The Morgan fingerprint density at radius 2 is 2.00 bits per heavy atom. The molecule has 2 heteroatoms. The van der Waals surface area contributed by atoms with E-state index < -0.39 is 0 Å². The molecule has 1 aliphatic rings. The second-order valence-corrected chi connectivity index (χ2v) is 6.25. The number of hydrogen-bond donors (Lipinski definition) is 0. The van der Waals surface area contributed by atoms with E-state index >= 15 is 0 Å². The van der Waals surface area contributed by atoms with Gasteiger partial charge in [0.25, 0.3) is 0 Å². The number of methoxy groups -OCH3 is 1. The Bertz CT molecular complexity index is 298. The smallest absolute Gasteiger partial charge is 0.156 e. The summed E-state index contributed by atoms with van der Waals surface area (Å²) in [6.07, 6.45) is 5.51. The minimum atomic E-state index is -0.0918. The zero-order valence-electron chi connectivity index (χ0n) is 11.2. The van der Waals surface area contributed by atoms with Gasteiger partial charge in [-0.2, -0.15) is 0 Å². The third kappa shape index (κ3) is 4.09. The predicted molar refractivity (Wildman–Crippen MR) is 66.4 cm³/mol. The van der Waals surface area contributed by atoms with E-state index in [0.717, 1.165) is 19.3 Å². The van der Waals surface area contributed by atoms with Crippen molar-refractivity contribution in [3.63, 3.8) is 0 Å². The van der Waals surface area contributed by atoms with Gasteiger partial charge in [0.1, 0.15) is 0 Å². The number of ketones is 1. The van der Waals surface area contributed by atoms with Crippen LogP contribution in [0.5, 0.6) is 0 Å². The molecule has 16 heavy (non-hydrogen) atoms. The summed E-state index contributed by atoms with van der Waals surface area (Å²) in [4.78, 5) is 11.6. The van der Waals surface area contributed by atoms with Crippen molar-refractivity contribution >= 4 is 5.78 Å². The Hall–Kier alpha value is -0.630. The summed E-state index contributed by atoms with van der Waals surface area (Å²) in [6, 6.07) is 0. The van der Waals surface area contributed by atoms with Gasteiger partial charge in [0, 0.05) is 13.5 Å². The van der Waals surface area contributed by atoms with Gasteiger partial charge in [-0.1, -0.05) is 19.4 Å². The first-order chi connectivity index (χ1) is 7.24. The van der Waals surface area contributed by atoms with Crippen molar-refractivity contribution in [3.8, 4) is 0 Å². The average molecular weight is 224 g/mol. The Morgan fingerprint density at radius 3 is 2.50 bits per heavy atom. The highest BCUT2D eigenvalue weighted by molar-refractivity contribution is 5.91. The van der Waals surface area contributed by atoms with Crippen LogP contribution >= 0.6 is 0 Å². The van der Waals surface area contributed by atoms with Gasteiger partial charge in [0.15, 0.2) is 5.78 Å². The molecular weight excluding hydrogens is 200 g/mol. The maximum Gasteiger partial charge on any atom is 0.156 e. The summed E-state index contributed by atoms with van der Waals surface area (Å²) in [7, 11) is 1.74. The van der Waals surface area contributed by atoms with Crippen molar-refractivity contribution in [2.75, 3.05) is 7.11 Å². The van der Waals surface area contributed by atoms with Crippen LogP contribution in [0.4, 0.5) is 0 Å². The molecule has 0 bridgehead atoms. The Balaban J connectivity index is 2.58. The lowest BCUT2D eigenvalue weighted by Crippen LogP contribution is -2.25. The molecule has 0 aromatic carbocycles. The molecule has 0 N–H and O–H groups in total. The minimum Gasteiger partial charge on any atom is -0.379 e. The number of allylic oxidation sites excluding steroid dienone is 2. The molecule has 0 amide bonds. The maximum absolute atomic E-state index is 11.6. The van der Waals surface area contributed by atoms with Gasteiger partial charge in [0.2, 0.25) is 0 Å². The van der Waals surface area contributed by atoms with E-state index in [1.165, 1.54) is 5.57 Å². The van der Waals surface area contributed by atoms with E-state index in [0.29, 0.717) is 6.42 Å². The molecule has 1 rings (SSSR count). The standard InChI is InChI=1S/C14H24O2/c1-13(2)9-11(8-12(15)10-13)6-7-14(3,4)16-5/h8H,6-7,9-10H2,1-5H3. The lowest BCUT2D eigenvalue weighted by Gasteiger charge is -2.30.